The lowest BCUT2D eigenvalue weighted by Gasteiger charge is -2.18. The standard InChI is InChI=1S/C15H23NO2/c1-11(2)12(3)9-16-10-14(15(17)18)13-7-5-4-6-8-13/h4-8,11-12,14,16H,9-10H2,1-3H3,(H,17,18). The smallest absolute Gasteiger partial charge is 0.312 e. The Kier molecular flexibility index (Phi) is 5.86. The lowest BCUT2D eigenvalue weighted by molar-refractivity contribution is -0.138. The van der Waals surface area contributed by atoms with Crippen LogP contribution in [0, 0.1) is 11.8 Å². The molecule has 0 fully saturated rings. The number of carbonyl (C=O) groups is 1. The zero-order valence-corrected chi connectivity index (χ0v) is 11.4. The van der Waals surface area contributed by atoms with Gasteiger partial charge in [-0.3, -0.25) is 4.79 Å². The van der Waals surface area contributed by atoms with E-state index in [2.05, 4.69) is 26.1 Å². The van der Waals surface area contributed by atoms with Crippen LogP contribution in [0.4, 0.5) is 0 Å². The van der Waals surface area contributed by atoms with Crippen LogP contribution < -0.4 is 5.32 Å². The fourth-order valence-corrected chi connectivity index (χ4v) is 1.72. The van der Waals surface area contributed by atoms with Crippen molar-refractivity contribution >= 4 is 5.97 Å². The van der Waals surface area contributed by atoms with E-state index in [4.69, 9.17) is 0 Å². The van der Waals surface area contributed by atoms with Crippen LogP contribution in [-0.2, 0) is 4.79 Å². The molecular formula is C15H23NO2. The molecule has 0 aliphatic heterocycles. The first-order valence-electron chi connectivity index (χ1n) is 6.50. The van der Waals surface area contributed by atoms with Crippen molar-refractivity contribution in [2.75, 3.05) is 13.1 Å². The minimum Gasteiger partial charge on any atom is -0.481 e. The van der Waals surface area contributed by atoms with E-state index in [0.29, 0.717) is 18.4 Å². The van der Waals surface area contributed by atoms with E-state index in [1.807, 2.05) is 30.3 Å². The Morgan fingerprint density at radius 3 is 2.28 bits per heavy atom. The van der Waals surface area contributed by atoms with Gasteiger partial charge in [0.2, 0.25) is 0 Å². The van der Waals surface area contributed by atoms with Gasteiger partial charge in [0.25, 0.3) is 0 Å². The highest BCUT2D eigenvalue weighted by Gasteiger charge is 2.19. The summed E-state index contributed by atoms with van der Waals surface area (Å²) in [7, 11) is 0. The summed E-state index contributed by atoms with van der Waals surface area (Å²) in [6.07, 6.45) is 0. The molecule has 0 saturated carbocycles. The quantitative estimate of drug-likeness (QED) is 0.781. The number of benzene rings is 1. The van der Waals surface area contributed by atoms with Gasteiger partial charge in [-0.05, 0) is 23.9 Å². The summed E-state index contributed by atoms with van der Waals surface area (Å²) in [6.45, 7) is 7.87. The highest BCUT2D eigenvalue weighted by molar-refractivity contribution is 5.76. The fourth-order valence-electron chi connectivity index (χ4n) is 1.72. The van der Waals surface area contributed by atoms with E-state index < -0.39 is 11.9 Å². The zero-order valence-electron chi connectivity index (χ0n) is 11.4. The summed E-state index contributed by atoms with van der Waals surface area (Å²) in [5.41, 5.74) is 0.856. The molecule has 0 aliphatic carbocycles. The van der Waals surface area contributed by atoms with E-state index in [-0.39, 0.29) is 0 Å². The molecule has 2 atom stereocenters. The van der Waals surface area contributed by atoms with Crippen molar-refractivity contribution in [2.45, 2.75) is 26.7 Å². The van der Waals surface area contributed by atoms with Gasteiger partial charge in [0.1, 0.15) is 0 Å². The molecular weight excluding hydrogens is 226 g/mol. The number of carboxylic acid groups (broad SMARTS) is 1. The van der Waals surface area contributed by atoms with Crippen LogP contribution in [-0.4, -0.2) is 24.2 Å². The second-order valence-electron chi connectivity index (χ2n) is 5.18. The average Bonchev–Trinajstić information content (AvgIpc) is 2.34. The van der Waals surface area contributed by atoms with Crippen molar-refractivity contribution in [2.24, 2.45) is 11.8 Å². The van der Waals surface area contributed by atoms with Crippen LogP contribution in [0.2, 0.25) is 0 Å². The maximum atomic E-state index is 11.3. The predicted molar refractivity (Wildman–Crippen MR) is 73.7 cm³/mol. The van der Waals surface area contributed by atoms with Gasteiger partial charge in [0, 0.05) is 6.54 Å². The Bertz CT molecular complexity index is 362. The van der Waals surface area contributed by atoms with Gasteiger partial charge in [-0.25, -0.2) is 0 Å². The molecule has 0 radical (unpaired) electrons. The van der Waals surface area contributed by atoms with Crippen LogP contribution in [0.5, 0.6) is 0 Å². The van der Waals surface area contributed by atoms with E-state index >= 15 is 0 Å². The van der Waals surface area contributed by atoms with Crippen molar-refractivity contribution < 1.29 is 9.90 Å². The summed E-state index contributed by atoms with van der Waals surface area (Å²) >= 11 is 0. The maximum Gasteiger partial charge on any atom is 0.312 e. The third-order valence-electron chi connectivity index (χ3n) is 3.45. The molecule has 3 nitrogen and oxygen atoms in total. The summed E-state index contributed by atoms with van der Waals surface area (Å²) < 4.78 is 0. The topological polar surface area (TPSA) is 49.3 Å². The number of hydrogen-bond acceptors (Lipinski definition) is 2. The summed E-state index contributed by atoms with van der Waals surface area (Å²) in [5, 5.41) is 12.5. The number of carboxylic acids is 1. The van der Waals surface area contributed by atoms with Crippen molar-refractivity contribution in [1.82, 2.24) is 5.32 Å². The molecule has 3 heteroatoms. The van der Waals surface area contributed by atoms with Crippen LogP contribution >= 0.6 is 0 Å². The Morgan fingerprint density at radius 1 is 1.17 bits per heavy atom. The largest absolute Gasteiger partial charge is 0.481 e. The monoisotopic (exact) mass is 249 g/mol. The molecule has 2 N–H and O–H groups in total. The third-order valence-corrected chi connectivity index (χ3v) is 3.45. The SMILES string of the molecule is CC(C)C(C)CNCC(C(=O)O)c1ccccc1. The lowest BCUT2D eigenvalue weighted by Crippen LogP contribution is -2.31. The molecule has 0 heterocycles. The van der Waals surface area contributed by atoms with E-state index in [0.717, 1.165) is 12.1 Å². The van der Waals surface area contributed by atoms with Gasteiger partial charge in [-0.1, -0.05) is 51.1 Å². The highest BCUT2D eigenvalue weighted by atomic mass is 16.4. The average molecular weight is 249 g/mol. The van der Waals surface area contributed by atoms with Gasteiger partial charge in [-0.15, -0.1) is 0 Å². The van der Waals surface area contributed by atoms with E-state index in [1.54, 1.807) is 0 Å². The zero-order chi connectivity index (χ0) is 13.5. The fraction of sp³-hybridized carbons (Fsp3) is 0.533. The van der Waals surface area contributed by atoms with Crippen molar-refractivity contribution in [3.63, 3.8) is 0 Å². The number of hydrogen-bond donors (Lipinski definition) is 2. The predicted octanol–water partition coefficient (Wildman–Crippen LogP) is 2.74. The minimum absolute atomic E-state index is 0.467. The third kappa shape index (κ3) is 4.49. The van der Waals surface area contributed by atoms with Gasteiger partial charge < -0.3 is 10.4 Å². The van der Waals surface area contributed by atoms with E-state index in [9.17, 15) is 9.90 Å². The summed E-state index contributed by atoms with van der Waals surface area (Å²) in [6, 6.07) is 9.39. The summed E-state index contributed by atoms with van der Waals surface area (Å²) in [4.78, 5) is 11.3. The van der Waals surface area contributed by atoms with Crippen LogP contribution in [0.15, 0.2) is 30.3 Å². The Balaban J connectivity index is 2.53. The second kappa shape index (κ2) is 7.17. The normalized spacial score (nSPS) is 14.4. The first-order chi connectivity index (χ1) is 8.52. The molecule has 1 rings (SSSR count). The van der Waals surface area contributed by atoms with E-state index in [1.165, 1.54) is 0 Å². The lowest BCUT2D eigenvalue weighted by atomic mass is 9.96. The Labute approximate surface area is 109 Å². The summed E-state index contributed by atoms with van der Waals surface area (Å²) in [5.74, 6) is -0.0795. The van der Waals surface area contributed by atoms with Gasteiger partial charge in [0.05, 0.1) is 5.92 Å². The second-order valence-corrected chi connectivity index (χ2v) is 5.18. The van der Waals surface area contributed by atoms with Crippen molar-refractivity contribution in [1.29, 1.82) is 0 Å². The molecule has 0 bridgehead atoms. The van der Waals surface area contributed by atoms with Crippen LogP contribution in [0.25, 0.3) is 0 Å². The van der Waals surface area contributed by atoms with Crippen LogP contribution in [0.3, 0.4) is 0 Å². The molecule has 0 aromatic heterocycles. The first-order valence-corrected chi connectivity index (χ1v) is 6.50. The van der Waals surface area contributed by atoms with Crippen LogP contribution in [0.1, 0.15) is 32.3 Å². The molecule has 2 unspecified atom stereocenters. The first kappa shape index (κ1) is 14.7. The Morgan fingerprint density at radius 2 is 1.78 bits per heavy atom. The number of aliphatic carboxylic acids is 1. The molecule has 1 aromatic carbocycles. The highest BCUT2D eigenvalue weighted by Crippen LogP contribution is 2.15. The van der Waals surface area contributed by atoms with Crippen molar-refractivity contribution in [3.8, 4) is 0 Å². The van der Waals surface area contributed by atoms with Gasteiger partial charge in [0.15, 0.2) is 0 Å². The molecule has 1 aromatic rings. The van der Waals surface area contributed by atoms with Gasteiger partial charge >= 0.3 is 5.97 Å². The minimum atomic E-state index is -0.772. The molecule has 18 heavy (non-hydrogen) atoms. The Hall–Kier alpha value is -1.35. The molecule has 0 saturated heterocycles. The van der Waals surface area contributed by atoms with Crippen molar-refractivity contribution in [3.05, 3.63) is 35.9 Å². The maximum absolute atomic E-state index is 11.3. The number of rotatable bonds is 7. The molecule has 0 spiro atoms. The number of nitrogens with one attached hydrogen (secondary N) is 1. The molecule has 0 aliphatic rings. The molecule has 0 amide bonds. The molecule has 100 valence electrons. The van der Waals surface area contributed by atoms with Gasteiger partial charge in [-0.2, -0.15) is 0 Å².